The Morgan fingerprint density at radius 1 is 0.875 bits per heavy atom. The standard InChI is InChI=1S/C32H28N6OS/c1-23-12-18-28(19-13-23)38-30(36-37-32(38)40-22-26-10-6-3-7-11-26)29(20-24-8-4-2-5-9-24)35-31(39)34-27-16-14-25(21-33)15-17-27/h2-19,29H,20,22H2,1H3,(H2,34,35,39). The molecule has 2 amide bonds. The van der Waals surface area contributed by atoms with Gasteiger partial charge in [0, 0.05) is 23.5 Å². The Bertz CT molecular complexity index is 1590. The number of thioether (sulfide) groups is 1. The number of nitriles is 1. The number of hydrogen-bond acceptors (Lipinski definition) is 5. The van der Waals surface area contributed by atoms with Crippen molar-refractivity contribution in [3.8, 4) is 11.8 Å². The van der Waals surface area contributed by atoms with Crippen molar-refractivity contribution in [3.05, 3.63) is 137 Å². The highest BCUT2D eigenvalue weighted by molar-refractivity contribution is 7.98. The van der Waals surface area contributed by atoms with Gasteiger partial charge in [0.1, 0.15) is 0 Å². The van der Waals surface area contributed by atoms with E-state index in [4.69, 9.17) is 5.26 Å². The summed E-state index contributed by atoms with van der Waals surface area (Å²) in [6.45, 7) is 2.05. The second-order valence-electron chi connectivity index (χ2n) is 9.32. The fourth-order valence-corrected chi connectivity index (χ4v) is 5.18. The van der Waals surface area contributed by atoms with Gasteiger partial charge in [-0.15, -0.1) is 10.2 Å². The number of benzene rings is 4. The van der Waals surface area contributed by atoms with Gasteiger partial charge in [-0.3, -0.25) is 4.57 Å². The minimum atomic E-state index is -0.472. The van der Waals surface area contributed by atoms with Crippen LogP contribution in [0.15, 0.2) is 114 Å². The van der Waals surface area contributed by atoms with Crippen molar-refractivity contribution < 1.29 is 4.79 Å². The summed E-state index contributed by atoms with van der Waals surface area (Å²) in [4.78, 5) is 13.2. The number of carbonyl (C=O) groups excluding carboxylic acids is 1. The van der Waals surface area contributed by atoms with E-state index in [9.17, 15) is 4.79 Å². The molecule has 0 spiro atoms. The van der Waals surface area contributed by atoms with Gasteiger partial charge in [0.25, 0.3) is 0 Å². The molecule has 0 saturated heterocycles. The lowest BCUT2D eigenvalue weighted by atomic mass is 10.1. The summed E-state index contributed by atoms with van der Waals surface area (Å²) in [6, 6.07) is 36.4. The largest absolute Gasteiger partial charge is 0.327 e. The van der Waals surface area contributed by atoms with E-state index >= 15 is 0 Å². The topological polar surface area (TPSA) is 95.6 Å². The van der Waals surface area contributed by atoms with Crippen molar-refractivity contribution in [3.63, 3.8) is 0 Å². The lowest BCUT2D eigenvalue weighted by molar-refractivity contribution is 0.247. The highest BCUT2D eigenvalue weighted by Gasteiger charge is 2.25. The Labute approximate surface area is 237 Å². The van der Waals surface area contributed by atoms with Gasteiger partial charge in [0.15, 0.2) is 11.0 Å². The van der Waals surface area contributed by atoms with E-state index in [0.29, 0.717) is 23.5 Å². The van der Waals surface area contributed by atoms with Gasteiger partial charge in [-0.2, -0.15) is 5.26 Å². The van der Waals surface area contributed by atoms with Gasteiger partial charge in [0.2, 0.25) is 0 Å². The second kappa shape index (κ2) is 12.8. The number of hydrogen-bond donors (Lipinski definition) is 2. The fraction of sp³-hybridized carbons (Fsp3) is 0.125. The van der Waals surface area contributed by atoms with Crippen LogP contribution in [0.4, 0.5) is 10.5 Å². The Hall–Kier alpha value is -4.87. The maximum atomic E-state index is 13.2. The van der Waals surface area contributed by atoms with Crippen LogP contribution in [0.2, 0.25) is 0 Å². The van der Waals surface area contributed by atoms with E-state index in [1.165, 1.54) is 5.56 Å². The van der Waals surface area contributed by atoms with Crippen molar-refractivity contribution in [2.45, 2.75) is 30.3 Å². The summed E-state index contributed by atoms with van der Waals surface area (Å²) >= 11 is 1.60. The van der Waals surface area contributed by atoms with Gasteiger partial charge < -0.3 is 10.6 Å². The number of aromatic nitrogens is 3. The molecule has 1 aromatic heterocycles. The minimum Gasteiger partial charge on any atom is -0.327 e. The highest BCUT2D eigenvalue weighted by atomic mass is 32.2. The van der Waals surface area contributed by atoms with Crippen molar-refractivity contribution >= 4 is 23.5 Å². The SMILES string of the molecule is Cc1ccc(-n2c(SCc3ccccc3)nnc2C(Cc2ccccc2)NC(=O)Nc2ccc(C#N)cc2)cc1. The summed E-state index contributed by atoms with van der Waals surface area (Å²) < 4.78 is 2.03. The fourth-order valence-electron chi connectivity index (χ4n) is 4.27. The number of anilines is 1. The minimum absolute atomic E-state index is 0.373. The van der Waals surface area contributed by atoms with Crippen molar-refractivity contribution in [2.24, 2.45) is 0 Å². The number of nitrogens with one attached hydrogen (secondary N) is 2. The maximum Gasteiger partial charge on any atom is 0.319 e. The van der Waals surface area contributed by atoms with Crippen LogP contribution < -0.4 is 10.6 Å². The first-order chi connectivity index (χ1) is 19.6. The third-order valence-electron chi connectivity index (χ3n) is 6.33. The maximum absolute atomic E-state index is 13.2. The van der Waals surface area contributed by atoms with Crippen LogP contribution in [0.25, 0.3) is 5.69 Å². The number of aryl methyl sites for hydroxylation is 1. The van der Waals surface area contributed by atoms with E-state index in [1.54, 1.807) is 36.0 Å². The van der Waals surface area contributed by atoms with Crippen molar-refractivity contribution in [1.82, 2.24) is 20.1 Å². The Kier molecular flexibility index (Phi) is 8.54. The molecule has 5 aromatic rings. The third-order valence-corrected chi connectivity index (χ3v) is 7.33. The molecule has 7 nitrogen and oxygen atoms in total. The van der Waals surface area contributed by atoms with Crippen LogP contribution in [0, 0.1) is 18.3 Å². The lowest BCUT2D eigenvalue weighted by Gasteiger charge is -2.21. The normalized spacial score (nSPS) is 11.4. The summed E-state index contributed by atoms with van der Waals surface area (Å²) in [7, 11) is 0. The lowest BCUT2D eigenvalue weighted by Crippen LogP contribution is -2.35. The molecule has 0 radical (unpaired) electrons. The van der Waals surface area contributed by atoms with Crippen LogP contribution in [0.1, 0.15) is 34.1 Å². The zero-order chi connectivity index (χ0) is 27.7. The average Bonchev–Trinajstić information content (AvgIpc) is 3.41. The average molecular weight is 545 g/mol. The first kappa shape index (κ1) is 26.7. The monoisotopic (exact) mass is 544 g/mol. The van der Waals surface area contributed by atoms with Crippen LogP contribution in [-0.4, -0.2) is 20.8 Å². The number of amides is 2. The predicted octanol–water partition coefficient (Wildman–Crippen LogP) is 6.85. The molecule has 0 bridgehead atoms. The Morgan fingerprint density at radius 2 is 1.52 bits per heavy atom. The summed E-state index contributed by atoms with van der Waals surface area (Å²) in [6.07, 6.45) is 0.523. The molecular formula is C32H28N6OS. The molecule has 0 aliphatic rings. The van der Waals surface area contributed by atoms with E-state index in [0.717, 1.165) is 27.7 Å². The predicted molar refractivity (Wildman–Crippen MR) is 158 cm³/mol. The van der Waals surface area contributed by atoms with Crippen LogP contribution in [-0.2, 0) is 12.2 Å². The molecule has 198 valence electrons. The molecule has 0 aliphatic heterocycles. The quantitative estimate of drug-likeness (QED) is 0.198. The van der Waals surface area contributed by atoms with Crippen LogP contribution >= 0.6 is 11.8 Å². The van der Waals surface area contributed by atoms with Gasteiger partial charge in [-0.05, 0) is 54.4 Å². The summed E-state index contributed by atoms with van der Waals surface area (Å²) in [5.74, 6) is 1.37. The molecule has 1 atom stereocenters. The number of urea groups is 1. The van der Waals surface area contributed by atoms with E-state index in [1.807, 2.05) is 65.2 Å². The van der Waals surface area contributed by atoms with E-state index in [2.05, 4.69) is 58.1 Å². The summed E-state index contributed by atoms with van der Waals surface area (Å²) in [5.41, 5.74) is 5.44. The van der Waals surface area contributed by atoms with Crippen LogP contribution in [0.3, 0.4) is 0 Å². The molecule has 0 fully saturated rings. The highest BCUT2D eigenvalue weighted by Crippen LogP contribution is 2.29. The zero-order valence-corrected chi connectivity index (χ0v) is 22.8. The smallest absolute Gasteiger partial charge is 0.319 e. The first-order valence-electron chi connectivity index (χ1n) is 12.9. The Balaban J connectivity index is 1.48. The molecule has 0 aliphatic carbocycles. The Morgan fingerprint density at radius 3 is 2.17 bits per heavy atom. The number of carbonyl (C=O) groups is 1. The van der Waals surface area contributed by atoms with Gasteiger partial charge in [-0.1, -0.05) is 90.1 Å². The first-order valence-corrected chi connectivity index (χ1v) is 13.9. The number of rotatable bonds is 9. The van der Waals surface area contributed by atoms with Gasteiger partial charge >= 0.3 is 6.03 Å². The van der Waals surface area contributed by atoms with Gasteiger partial charge in [-0.25, -0.2) is 4.79 Å². The molecule has 2 N–H and O–H groups in total. The molecule has 5 rings (SSSR count). The second-order valence-corrected chi connectivity index (χ2v) is 10.3. The van der Waals surface area contributed by atoms with E-state index < -0.39 is 6.04 Å². The molecule has 4 aromatic carbocycles. The zero-order valence-electron chi connectivity index (χ0n) is 22.0. The molecule has 1 heterocycles. The third kappa shape index (κ3) is 6.76. The molecule has 40 heavy (non-hydrogen) atoms. The molecule has 1 unspecified atom stereocenters. The van der Waals surface area contributed by atoms with Crippen molar-refractivity contribution in [2.75, 3.05) is 5.32 Å². The van der Waals surface area contributed by atoms with E-state index in [-0.39, 0.29) is 6.03 Å². The number of nitrogens with zero attached hydrogens (tertiary/aromatic N) is 4. The molecule has 0 saturated carbocycles. The van der Waals surface area contributed by atoms with Crippen molar-refractivity contribution in [1.29, 1.82) is 5.26 Å². The molecule has 8 heteroatoms. The molecular weight excluding hydrogens is 516 g/mol. The van der Waals surface area contributed by atoms with Gasteiger partial charge in [0.05, 0.1) is 17.7 Å². The van der Waals surface area contributed by atoms with Crippen LogP contribution in [0.5, 0.6) is 0 Å². The summed E-state index contributed by atoms with van der Waals surface area (Å²) in [5, 5.41) is 25.0.